The average Bonchev–Trinajstić information content (AvgIpc) is 3.09. The van der Waals surface area contributed by atoms with E-state index in [1.165, 1.54) is 0 Å². The normalized spacial score (nSPS) is 30.8. The van der Waals surface area contributed by atoms with Gasteiger partial charge in [0.15, 0.2) is 5.78 Å². The molecule has 2 saturated heterocycles. The van der Waals surface area contributed by atoms with Crippen molar-refractivity contribution in [1.82, 2.24) is 5.32 Å². The van der Waals surface area contributed by atoms with Gasteiger partial charge in [0.05, 0.1) is 6.61 Å². The van der Waals surface area contributed by atoms with E-state index in [-0.39, 0.29) is 17.6 Å². The predicted octanol–water partition coefficient (Wildman–Crippen LogP) is 2.90. The maximum Gasteiger partial charge on any atom is 0.235 e. The average molecular weight is 380 g/mol. The number of aryl methyl sites for hydroxylation is 2. The fourth-order valence-electron chi connectivity index (χ4n) is 3.89. The molecule has 3 atom stereocenters. The van der Waals surface area contributed by atoms with Crippen LogP contribution in [0.4, 0.5) is 0 Å². The molecule has 2 aliphatic rings. The second-order valence-electron chi connectivity index (χ2n) is 6.70. The summed E-state index contributed by atoms with van der Waals surface area (Å²) in [6.07, 6.45) is 1.60. The molecule has 0 radical (unpaired) electrons. The zero-order valence-corrected chi connectivity index (χ0v) is 15.3. The van der Waals surface area contributed by atoms with Crippen molar-refractivity contribution in [3.8, 4) is 0 Å². The van der Waals surface area contributed by atoms with Crippen LogP contribution in [0, 0.1) is 12.8 Å². The molecule has 0 bridgehead atoms. The molecule has 5 heteroatoms. The zero-order chi connectivity index (χ0) is 16.8. The van der Waals surface area contributed by atoms with Crippen LogP contribution in [-0.4, -0.2) is 30.4 Å². The molecule has 3 rings (SSSR count). The Morgan fingerprint density at radius 2 is 2.13 bits per heavy atom. The molecule has 2 fully saturated rings. The first-order chi connectivity index (χ1) is 10.9. The summed E-state index contributed by atoms with van der Waals surface area (Å²) in [5.41, 5.74) is 2.10. The Kier molecular flexibility index (Phi) is 4.36. The Bertz CT molecular complexity index is 666. The van der Waals surface area contributed by atoms with Gasteiger partial charge in [-0.3, -0.25) is 9.59 Å². The molecule has 23 heavy (non-hydrogen) atoms. The first kappa shape index (κ1) is 16.7. The van der Waals surface area contributed by atoms with Crippen molar-refractivity contribution in [1.29, 1.82) is 0 Å². The molecule has 2 aliphatic heterocycles. The summed E-state index contributed by atoms with van der Waals surface area (Å²) >= 11 is 3.50. The molecule has 0 aliphatic carbocycles. The number of Topliss-reactive ketones (excluding diaryl/α,β-unsaturated/α-hetero) is 1. The first-order valence-corrected chi connectivity index (χ1v) is 8.90. The van der Waals surface area contributed by atoms with Crippen molar-refractivity contribution in [2.45, 2.75) is 45.1 Å². The lowest BCUT2D eigenvalue weighted by Crippen LogP contribution is -2.50. The number of hydrogen-bond acceptors (Lipinski definition) is 3. The van der Waals surface area contributed by atoms with E-state index in [2.05, 4.69) is 21.2 Å². The van der Waals surface area contributed by atoms with Gasteiger partial charge in [-0.1, -0.05) is 22.9 Å². The maximum absolute atomic E-state index is 13.2. The highest BCUT2D eigenvalue weighted by Gasteiger charge is 2.55. The van der Waals surface area contributed by atoms with E-state index < -0.39 is 11.5 Å². The van der Waals surface area contributed by atoms with Crippen molar-refractivity contribution < 1.29 is 14.3 Å². The van der Waals surface area contributed by atoms with Gasteiger partial charge in [0.1, 0.15) is 11.5 Å². The minimum absolute atomic E-state index is 0.0156. The monoisotopic (exact) mass is 379 g/mol. The van der Waals surface area contributed by atoms with Gasteiger partial charge < -0.3 is 10.1 Å². The van der Waals surface area contributed by atoms with Crippen molar-refractivity contribution in [3.05, 3.63) is 33.3 Å². The molecular weight excluding hydrogens is 358 g/mol. The second kappa shape index (κ2) is 6.02. The molecule has 1 aromatic rings. The highest BCUT2D eigenvalue weighted by molar-refractivity contribution is 9.10. The Balaban J connectivity index is 2.04. The number of nitrogens with one attached hydrogen (secondary N) is 1. The van der Waals surface area contributed by atoms with Gasteiger partial charge in [-0.2, -0.15) is 0 Å². The summed E-state index contributed by atoms with van der Waals surface area (Å²) in [5, 5.41) is 2.98. The third-order valence-electron chi connectivity index (χ3n) is 5.27. The number of hydrogen-bond donors (Lipinski definition) is 1. The summed E-state index contributed by atoms with van der Waals surface area (Å²) in [4.78, 5) is 25.9. The van der Waals surface area contributed by atoms with E-state index in [0.29, 0.717) is 13.2 Å². The van der Waals surface area contributed by atoms with Crippen molar-refractivity contribution in [3.63, 3.8) is 0 Å². The number of carbonyl (C=O) groups excluding carboxylic acids is 2. The number of ketones is 1. The van der Waals surface area contributed by atoms with Crippen molar-refractivity contribution >= 4 is 27.6 Å². The van der Waals surface area contributed by atoms with Gasteiger partial charge in [0, 0.05) is 17.0 Å². The topological polar surface area (TPSA) is 55.4 Å². The molecule has 4 nitrogen and oxygen atoms in total. The molecule has 1 N–H and O–H groups in total. The molecule has 0 saturated carbocycles. The third-order valence-corrected chi connectivity index (χ3v) is 5.73. The smallest absolute Gasteiger partial charge is 0.235 e. The largest absolute Gasteiger partial charge is 0.381 e. The van der Waals surface area contributed by atoms with Crippen molar-refractivity contribution in [2.75, 3.05) is 13.2 Å². The minimum Gasteiger partial charge on any atom is -0.381 e. The van der Waals surface area contributed by atoms with Gasteiger partial charge in [0.2, 0.25) is 5.91 Å². The lowest BCUT2D eigenvalue weighted by Gasteiger charge is -2.28. The van der Waals surface area contributed by atoms with Crippen LogP contribution in [0.2, 0.25) is 0 Å². The summed E-state index contributed by atoms with van der Waals surface area (Å²) < 4.78 is 6.41. The van der Waals surface area contributed by atoms with Gasteiger partial charge in [-0.15, -0.1) is 0 Å². The number of halogens is 1. The van der Waals surface area contributed by atoms with E-state index >= 15 is 0 Å². The molecule has 124 valence electrons. The molecule has 1 amide bonds. The van der Waals surface area contributed by atoms with Crippen LogP contribution in [0.15, 0.2) is 16.6 Å². The Labute approximate surface area is 145 Å². The van der Waals surface area contributed by atoms with Gasteiger partial charge in [-0.05, 0) is 55.5 Å². The van der Waals surface area contributed by atoms with Gasteiger partial charge >= 0.3 is 0 Å². The Morgan fingerprint density at radius 1 is 1.39 bits per heavy atom. The van der Waals surface area contributed by atoms with Crippen LogP contribution < -0.4 is 5.32 Å². The van der Waals surface area contributed by atoms with Crippen LogP contribution in [0.25, 0.3) is 0 Å². The molecule has 3 unspecified atom stereocenters. The Hall–Kier alpha value is -1.20. The molecule has 0 spiro atoms. The quantitative estimate of drug-likeness (QED) is 0.821. The number of amides is 1. The predicted molar refractivity (Wildman–Crippen MR) is 91.5 cm³/mol. The van der Waals surface area contributed by atoms with Crippen LogP contribution in [-0.2, 0) is 20.7 Å². The molecule has 0 aromatic heterocycles. The van der Waals surface area contributed by atoms with Crippen molar-refractivity contribution in [2.24, 2.45) is 5.92 Å². The minimum atomic E-state index is -0.817. The fraction of sp³-hybridized carbons (Fsp3) is 0.556. The van der Waals surface area contributed by atoms with Crippen LogP contribution in [0.1, 0.15) is 42.9 Å². The number of carbonyl (C=O) groups is 2. The SMILES string of the molecule is CCc1cc(Br)cc(C)c1C1C(=O)NC(C)(C2CCOC2)C1=O. The lowest BCUT2D eigenvalue weighted by molar-refractivity contribution is -0.126. The summed E-state index contributed by atoms with van der Waals surface area (Å²) in [7, 11) is 0. The van der Waals surface area contributed by atoms with Crippen LogP contribution in [0.5, 0.6) is 0 Å². The van der Waals surface area contributed by atoms with Gasteiger partial charge in [-0.25, -0.2) is 0 Å². The standard InChI is InChI=1S/C18H22BrNO3/c1-4-11-8-13(19)7-10(2)14(11)15-16(21)18(3,20-17(15)22)12-5-6-23-9-12/h7-8,12,15H,4-6,9H2,1-3H3,(H,20,22). The second-order valence-corrected chi connectivity index (χ2v) is 7.61. The fourth-order valence-corrected chi connectivity index (χ4v) is 4.51. The van der Waals surface area contributed by atoms with E-state index in [1.54, 1.807) is 0 Å². The van der Waals surface area contributed by atoms with E-state index in [9.17, 15) is 9.59 Å². The molecular formula is C18H22BrNO3. The number of benzene rings is 1. The Morgan fingerprint density at radius 3 is 2.74 bits per heavy atom. The third kappa shape index (κ3) is 2.64. The van der Waals surface area contributed by atoms with E-state index in [0.717, 1.165) is 34.0 Å². The highest BCUT2D eigenvalue weighted by atomic mass is 79.9. The lowest BCUT2D eigenvalue weighted by atomic mass is 9.77. The molecule has 2 heterocycles. The van der Waals surface area contributed by atoms with Crippen LogP contribution >= 0.6 is 15.9 Å². The molecule has 1 aromatic carbocycles. The summed E-state index contributed by atoms with van der Waals surface area (Å²) in [5.74, 6) is -0.837. The number of rotatable bonds is 3. The van der Waals surface area contributed by atoms with Gasteiger partial charge in [0.25, 0.3) is 0 Å². The van der Waals surface area contributed by atoms with Crippen LogP contribution in [0.3, 0.4) is 0 Å². The maximum atomic E-state index is 13.2. The van der Waals surface area contributed by atoms with E-state index in [4.69, 9.17) is 4.74 Å². The first-order valence-electron chi connectivity index (χ1n) is 8.11. The highest BCUT2D eigenvalue weighted by Crippen LogP contribution is 2.40. The summed E-state index contributed by atoms with van der Waals surface area (Å²) in [6, 6.07) is 3.99. The summed E-state index contributed by atoms with van der Waals surface area (Å²) in [6.45, 7) is 7.06. The van der Waals surface area contributed by atoms with E-state index in [1.807, 2.05) is 32.9 Å². The number of ether oxygens (including phenoxy) is 1. The zero-order valence-electron chi connectivity index (χ0n) is 13.7.